The Morgan fingerprint density at radius 2 is 1.65 bits per heavy atom. The van der Waals surface area contributed by atoms with Gasteiger partial charge < -0.3 is 10.3 Å². The number of H-pyrrole nitrogens is 2. The van der Waals surface area contributed by atoms with Gasteiger partial charge in [0.25, 0.3) is 0 Å². The summed E-state index contributed by atoms with van der Waals surface area (Å²) in [4.78, 5) is 29.1. The Kier molecular flexibility index (Phi) is 5.82. The van der Waals surface area contributed by atoms with Crippen molar-refractivity contribution in [3.8, 4) is 33.6 Å². The lowest BCUT2D eigenvalue weighted by Gasteiger charge is -2.08. The van der Waals surface area contributed by atoms with E-state index in [1.807, 2.05) is 66.7 Å². The lowest BCUT2D eigenvalue weighted by Crippen LogP contribution is -2.14. The number of fused-ring (bicyclic) bond motifs is 2. The molecule has 0 bridgehead atoms. The van der Waals surface area contributed by atoms with Crippen molar-refractivity contribution in [2.45, 2.75) is 6.42 Å². The van der Waals surface area contributed by atoms with Gasteiger partial charge in [-0.15, -0.1) is 0 Å². The fraction of sp³-hybridized carbons (Fsp3) is 0.0312. The van der Waals surface area contributed by atoms with Crippen molar-refractivity contribution in [1.82, 2.24) is 30.1 Å². The average molecular weight is 522 g/mol. The van der Waals surface area contributed by atoms with Gasteiger partial charge in [-0.25, -0.2) is 4.98 Å². The summed E-state index contributed by atoms with van der Waals surface area (Å²) in [5.74, 6) is -0.0868. The standard InChI is InChI=1S/C32H23N7O/c40-30(14-20-4-2-1-3-5-20)36-24-15-23(18-34-19-24)22-6-7-28-27(16-22)31(39-38-28)29-17-26-25(10-13-35-32(26)37-29)21-8-11-33-12-9-21/h1-13,15-19H,14H2,(H,35,37)(H,36,40)(H,38,39). The maximum atomic E-state index is 12.6. The van der Waals surface area contributed by atoms with Crippen molar-refractivity contribution >= 4 is 33.5 Å². The van der Waals surface area contributed by atoms with Crippen molar-refractivity contribution in [3.63, 3.8) is 0 Å². The predicted molar refractivity (Wildman–Crippen MR) is 156 cm³/mol. The highest BCUT2D eigenvalue weighted by molar-refractivity contribution is 6.01. The number of aromatic nitrogens is 6. The molecule has 7 aromatic rings. The molecule has 1 amide bonds. The van der Waals surface area contributed by atoms with Crippen LogP contribution in [0.1, 0.15) is 5.56 Å². The number of benzene rings is 2. The van der Waals surface area contributed by atoms with E-state index in [1.54, 1.807) is 31.0 Å². The molecular weight excluding hydrogens is 498 g/mol. The van der Waals surface area contributed by atoms with Crippen LogP contribution in [0.2, 0.25) is 0 Å². The molecule has 7 rings (SSSR count). The van der Waals surface area contributed by atoms with Gasteiger partial charge in [0.15, 0.2) is 0 Å². The van der Waals surface area contributed by atoms with Gasteiger partial charge in [0.1, 0.15) is 11.3 Å². The number of anilines is 1. The zero-order valence-corrected chi connectivity index (χ0v) is 21.3. The van der Waals surface area contributed by atoms with Gasteiger partial charge in [0, 0.05) is 41.1 Å². The van der Waals surface area contributed by atoms with Gasteiger partial charge in [-0.05, 0) is 64.7 Å². The molecule has 0 atom stereocenters. The van der Waals surface area contributed by atoms with Crippen molar-refractivity contribution in [2.24, 2.45) is 0 Å². The fourth-order valence-corrected chi connectivity index (χ4v) is 4.99. The van der Waals surface area contributed by atoms with E-state index in [-0.39, 0.29) is 5.91 Å². The molecule has 0 aliphatic rings. The van der Waals surface area contributed by atoms with E-state index in [0.29, 0.717) is 12.1 Å². The zero-order chi connectivity index (χ0) is 26.9. The third-order valence-electron chi connectivity index (χ3n) is 6.90. The lowest BCUT2D eigenvalue weighted by atomic mass is 10.0. The molecule has 0 aliphatic heterocycles. The van der Waals surface area contributed by atoms with Gasteiger partial charge >= 0.3 is 0 Å². The third kappa shape index (κ3) is 4.48. The van der Waals surface area contributed by atoms with Crippen LogP contribution >= 0.6 is 0 Å². The van der Waals surface area contributed by atoms with Gasteiger partial charge in [-0.3, -0.25) is 19.9 Å². The normalized spacial score (nSPS) is 11.2. The Hall–Kier alpha value is -5.63. The molecule has 8 heteroatoms. The molecule has 0 radical (unpaired) electrons. The second kappa shape index (κ2) is 9.92. The van der Waals surface area contributed by atoms with Gasteiger partial charge in [-0.1, -0.05) is 36.4 Å². The number of hydrogen-bond donors (Lipinski definition) is 3. The first-order chi connectivity index (χ1) is 19.7. The summed E-state index contributed by atoms with van der Waals surface area (Å²) in [6.45, 7) is 0. The molecule has 0 aliphatic carbocycles. The maximum Gasteiger partial charge on any atom is 0.228 e. The Bertz CT molecular complexity index is 1980. The smallest absolute Gasteiger partial charge is 0.228 e. The first-order valence-electron chi connectivity index (χ1n) is 12.9. The van der Waals surface area contributed by atoms with Crippen molar-refractivity contribution in [1.29, 1.82) is 0 Å². The highest BCUT2D eigenvalue weighted by atomic mass is 16.1. The molecule has 5 aromatic heterocycles. The monoisotopic (exact) mass is 521 g/mol. The molecular formula is C32H23N7O. The highest BCUT2D eigenvalue weighted by Gasteiger charge is 2.15. The minimum atomic E-state index is -0.0868. The molecule has 0 saturated carbocycles. The Morgan fingerprint density at radius 3 is 2.52 bits per heavy atom. The van der Waals surface area contributed by atoms with Crippen LogP contribution in [-0.2, 0) is 11.2 Å². The minimum absolute atomic E-state index is 0.0868. The summed E-state index contributed by atoms with van der Waals surface area (Å²) in [6.07, 6.45) is 9.13. The summed E-state index contributed by atoms with van der Waals surface area (Å²) >= 11 is 0. The topological polar surface area (TPSA) is 112 Å². The molecule has 3 N–H and O–H groups in total. The quantitative estimate of drug-likeness (QED) is 0.234. The molecule has 0 saturated heterocycles. The van der Waals surface area contributed by atoms with Gasteiger partial charge in [0.2, 0.25) is 5.91 Å². The van der Waals surface area contributed by atoms with Gasteiger partial charge in [0.05, 0.1) is 29.5 Å². The van der Waals surface area contributed by atoms with Crippen LogP contribution in [0.15, 0.2) is 110 Å². The highest BCUT2D eigenvalue weighted by Crippen LogP contribution is 2.34. The molecule has 40 heavy (non-hydrogen) atoms. The fourth-order valence-electron chi connectivity index (χ4n) is 4.99. The Morgan fingerprint density at radius 1 is 0.775 bits per heavy atom. The molecule has 0 unspecified atom stereocenters. The lowest BCUT2D eigenvalue weighted by molar-refractivity contribution is -0.115. The third-order valence-corrected chi connectivity index (χ3v) is 6.90. The minimum Gasteiger partial charge on any atom is -0.338 e. The number of hydrogen-bond acceptors (Lipinski definition) is 5. The largest absolute Gasteiger partial charge is 0.338 e. The van der Waals surface area contributed by atoms with Crippen LogP contribution < -0.4 is 5.32 Å². The SMILES string of the molecule is O=C(Cc1ccccc1)Nc1cncc(-c2ccc3[nH]nc(-c4cc5c(-c6ccncc6)ccnc5[nH]4)c3c2)c1. The zero-order valence-electron chi connectivity index (χ0n) is 21.3. The van der Waals surface area contributed by atoms with Crippen LogP contribution in [0.3, 0.4) is 0 Å². The predicted octanol–water partition coefficient (Wildman–Crippen LogP) is 6.41. The van der Waals surface area contributed by atoms with E-state index < -0.39 is 0 Å². The Balaban J connectivity index is 1.21. The summed E-state index contributed by atoms with van der Waals surface area (Å²) < 4.78 is 0. The molecule has 0 fully saturated rings. The van der Waals surface area contributed by atoms with E-state index in [2.05, 4.69) is 47.6 Å². The number of rotatable bonds is 6. The first kappa shape index (κ1) is 23.5. The molecule has 8 nitrogen and oxygen atoms in total. The number of carbonyl (C=O) groups excluding carboxylic acids is 1. The summed E-state index contributed by atoms with van der Waals surface area (Å²) in [6, 6.07) is 25.8. The van der Waals surface area contributed by atoms with Crippen LogP contribution in [0.25, 0.3) is 55.6 Å². The summed E-state index contributed by atoms with van der Waals surface area (Å²) in [5, 5.41) is 12.7. The van der Waals surface area contributed by atoms with Crippen LogP contribution in [0, 0.1) is 0 Å². The number of pyridine rings is 3. The second-order valence-corrected chi connectivity index (χ2v) is 9.55. The molecule has 192 valence electrons. The number of nitrogens with one attached hydrogen (secondary N) is 3. The van der Waals surface area contributed by atoms with E-state index in [0.717, 1.165) is 61.1 Å². The first-order valence-corrected chi connectivity index (χ1v) is 12.9. The number of aromatic amines is 2. The molecule has 5 heterocycles. The number of amides is 1. The summed E-state index contributed by atoms with van der Waals surface area (Å²) in [7, 11) is 0. The van der Waals surface area contributed by atoms with Crippen molar-refractivity contribution in [3.05, 3.63) is 115 Å². The second-order valence-electron chi connectivity index (χ2n) is 9.55. The van der Waals surface area contributed by atoms with Gasteiger partial charge in [-0.2, -0.15) is 5.10 Å². The van der Waals surface area contributed by atoms with Crippen LogP contribution in [0.5, 0.6) is 0 Å². The van der Waals surface area contributed by atoms with Crippen molar-refractivity contribution < 1.29 is 4.79 Å². The Labute approximate surface area is 229 Å². The average Bonchev–Trinajstić information content (AvgIpc) is 3.62. The number of nitrogens with zero attached hydrogens (tertiary/aromatic N) is 4. The van der Waals surface area contributed by atoms with Crippen molar-refractivity contribution in [2.75, 3.05) is 5.32 Å². The number of carbonyl (C=O) groups is 1. The van der Waals surface area contributed by atoms with Crippen LogP contribution in [-0.4, -0.2) is 36.0 Å². The maximum absolute atomic E-state index is 12.6. The van der Waals surface area contributed by atoms with E-state index in [1.165, 1.54) is 0 Å². The molecule has 0 spiro atoms. The van der Waals surface area contributed by atoms with E-state index in [9.17, 15) is 4.79 Å². The molecule has 2 aromatic carbocycles. The van der Waals surface area contributed by atoms with E-state index in [4.69, 9.17) is 0 Å². The summed E-state index contributed by atoms with van der Waals surface area (Å²) in [5.41, 5.74) is 9.00. The van der Waals surface area contributed by atoms with Crippen LogP contribution in [0.4, 0.5) is 5.69 Å². The van der Waals surface area contributed by atoms with E-state index >= 15 is 0 Å².